The van der Waals surface area contributed by atoms with Crippen LogP contribution in [0.15, 0.2) is 29.1 Å². The summed E-state index contributed by atoms with van der Waals surface area (Å²) in [6.45, 7) is 14.3. The van der Waals surface area contributed by atoms with E-state index in [1.807, 2.05) is 6.07 Å². The van der Waals surface area contributed by atoms with Gasteiger partial charge in [0.25, 0.3) is 5.56 Å². The summed E-state index contributed by atoms with van der Waals surface area (Å²) in [5.41, 5.74) is 4.41. The van der Waals surface area contributed by atoms with Crippen molar-refractivity contribution < 1.29 is 4.79 Å². The highest BCUT2D eigenvalue weighted by Gasteiger charge is 2.21. The largest absolute Gasteiger partial charge is 0.349 e. The van der Waals surface area contributed by atoms with E-state index in [2.05, 4.69) is 69.2 Å². The Bertz CT molecular complexity index is 1000. The lowest BCUT2D eigenvalue weighted by Crippen LogP contribution is -2.32. The Morgan fingerprint density at radius 1 is 1.17 bits per heavy atom. The van der Waals surface area contributed by atoms with Crippen LogP contribution in [0.3, 0.4) is 0 Å². The lowest BCUT2D eigenvalue weighted by Gasteiger charge is -2.25. The number of carbonyl (C=O) groups is 1. The molecule has 1 aromatic heterocycles. The van der Waals surface area contributed by atoms with Crippen LogP contribution in [0, 0.1) is 31.1 Å². The summed E-state index contributed by atoms with van der Waals surface area (Å²) in [5, 5.41) is 12.4. The van der Waals surface area contributed by atoms with Gasteiger partial charge in [-0.05, 0) is 53.9 Å². The maximum Gasteiger partial charge on any atom is 0.266 e. The molecule has 0 aliphatic rings. The molecule has 1 heterocycles. The summed E-state index contributed by atoms with van der Waals surface area (Å²) >= 11 is 0. The second kappa shape index (κ2) is 9.30. The van der Waals surface area contributed by atoms with Gasteiger partial charge in [0.2, 0.25) is 5.91 Å². The van der Waals surface area contributed by atoms with E-state index in [-0.39, 0.29) is 34.4 Å². The molecule has 2 aromatic rings. The molecule has 2 rings (SSSR count). The number of aromatic nitrogens is 1. The van der Waals surface area contributed by atoms with Crippen LogP contribution in [-0.4, -0.2) is 10.9 Å². The number of nitrogens with zero attached hydrogens (tertiary/aromatic N) is 1. The Morgan fingerprint density at radius 3 is 2.27 bits per heavy atom. The van der Waals surface area contributed by atoms with Crippen LogP contribution in [0.5, 0.6) is 0 Å². The lowest BCUT2D eigenvalue weighted by molar-refractivity contribution is -0.122. The van der Waals surface area contributed by atoms with E-state index in [1.54, 1.807) is 13.8 Å². The van der Waals surface area contributed by atoms with Crippen LogP contribution in [0.2, 0.25) is 0 Å². The van der Waals surface area contributed by atoms with Gasteiger partial charge in [0.15, 0.2) is 0 Å². The number of aryl methyl sites for hydroxylation is 1. The molecule has 0 fully saturated rings. The van der Waals surface area contributed by atoms with Crippen LogP contribution >= 0.6 is 0 Å². The average molecular weight is 408 g/mol. The third-order valence-electron chi connectivity index (χ3n) is 5.64. The number of nitrogens with one attached hydrogen (secondary N) is 2. The van der Waals surface area contributed by atoms with Gasteiger partial charge in [0.1, 0.15) is 11.6 Å². The summed E-state index contributed by atoms with van der Waals surface area (Å²) in [5.74, 6) is 0.202. The Hall–Kier alpha value is -2.87. The van der Waals surface area contributed by atoms with E-state index in [4.69, 9.17) is 0 Å². The fourth-order valence-electron chi connectivity index (χ4n) is 3.73. The molecule has 2 N–H and O–H groups in total. The van der Waals surface area contributed by atoms with Gasteiger partial charge >= 0.3 is 0 Å². The molecular weight excluding hydrogens is 374 g/mol. The van der Waals surface area contributed by atoms with Crippen LogP contribution in [-0.2, 0) is 16.6 Å². The fraction of sp³-hybridized carbons (Fsp3) is 0.480. The molecule has 0 aliphatic heterocycles. The van der Waals surface area contributed by atoms with Gasteiger partial charge in [-0.2, -0.15) is 5.26 Å². The van der Waals surface area contributed by atoms with Crippen molar-refractivity contribution in [2.45, 2.75) is 72.8 Å². The Labute approximate surface area is 179 Å². The Kier molecular flexibility index (Phi) is 7.25. The molecule has 0 aliphatic carbocycles. The number of H-pyrrole nitrogens is 1. The van der Waals surface area contributed by atoms with Crippen molar-refractivity contribution in [3.8, 4) is 6.07 Å². The van der Waals surface area contributed by atoms with Gasteiger partial charge in [-0.1, -0.05) is 58.9 Å². The van der Waals surface area contributed by atoms with E-state index >= 15 is 0 Å². The predicted molar refractivity (Wildman–Crippen MR) is 120 cm³/mol. The van der Waals surface area contributed by atoms with E-state index in [1.165, 1.54) is 5.56 Å². The van der Waals surface area contributed by atoms with Crippen LogP contribution in [0.1, 0.15) is 80.6 Å². The number of carbonyl (C=O) groups excluding carboxylic acids is 1. The normalized spacial score (nSPS) is 12.5. The number of aromatic amines is 1. The first kappa shape index (κ1) is 23.4. The number of benzene rings is 1. The predicted octanol–water partition coefficient (Wildman–Crippen LogP) is 4.61. The maximum atomic E-state index is 12.7. The van der Waals surface area contributed by atoms with E-state index in [0.717, 1.165) is 11.1 Å². The Balaban J connectivity index is 2.14. The van der Waals surface area contributed by atoms with E-state index in [9.17, 15) is 14.9 Å². The first-order valence-corrected chi connectivity index (χ1v) is 10.5. The van der Waals surface area contributed by atoms with Gasteiger partial charge < -0.3 is 10.3 Å². The highest BCUT2D eigenvalue weighted by atomic mass is 16.1. The van der Waals surface area contributed by atoms with Crippen molar-refractivity contribution >= 4 is 5.91 Å². The van der Waals surface area contributed by atoms with Gasteiger partial charge in [-0.3, -0.25) is 9.59 Å². The smallest absolute Gasteiger partial charge is 0.266 e. The van der Waals surface area contributed by atoms with Crippen molar-refractivity contribution in [2.24, 2.45) is 5.92 Å². The number of amides is 1. The summed E-state index contributed by atoms with van der Waals surface area (Å²) in [4.78, 5) is 27.3. The zero-order chi connectivity index (χ0) is 22.6. The summed E-state index contributed by atoms with van der Waals surface area (Å²) in [7, 11) is 0. The maximum absolute atomic E-state index is 12.7. The molecule has 0 spiro atoms. The minimum Gasteiger partial charge on any atom is -0.349 e. The van der Waals surface area contributed by atoms with Crippen molar-refractivity contribution in [3.05, 3.63) is 68.1 Å². The second-order valence-electron chi connectivity index (χ2n) is 9.33. The van der Waals surface area contributed by atoms with Gasteiger partial charge in [-0.25, -0.2) is 0 Å². The number of rotatable bonds is 6. The molecule has 0 radical (unpaired) electrons. The lowest BCUT2D eigenvalue weighted by atomic mass is 9.85. The summed E-state index contributed by atoms with van der Waals surface area (Å²) < 4.78 is 0. The molecule has 1 amide bonds. The first-order valence-electron chi connectivity index (χ1n) is 10.5. The third kappa shape index (κ3) is 5.38. The first-order chi connectivity index (χ1) is 14.0. The molecular formula is C25H33N3O2. The number of hydrogen-bond acceptors (Lipinski definition) is 3. The molecule has 30 heavy (non-hydrogen) atoms. The minimum atomic E-state index is -0.376. The molecule has 0 saturated heterocycles. The molecule has 1 unspecified atom stereocenters. The van der Waals surface area contributed by atoms with Crippen LogP contribution in [0.4, 0.5) is 0 Å². The quantitative estimate of drug-likeness (QED) is 0.733. The molecule has 160 valence electrons. The highest BCUT2D eigenvalue weighted by Crippen LogP contribution is 2.27. The fourth-order valence-corrected chi connectivity index (χ4v) is 3.73. The summed E-state index contributed by atoms with van der Waals surface area (Å²) in [6.07, 6.45) is 0.768. The van der Waals surface area contributed by atoms with Crippen molar-refractivity contribution in [3.63, 3.8) is 0 Å². The zero-order valence-corrected chi connectivity index (χ0v) is 19.1. The highest BCUT2D eigenvalue weighted by molar-refractivity contribution is 5.77. The van der Waals surface area contributed by atoms with E-state index < -0.39 is 0 Å². The van der Waals surface area contributed by atoms with Crippen molar-refractivity contribution in [1.82, 2.24) is 10.3 Å². The van der Waals surface area contributed by atoms with Gasteiger partial charge in [0, 0.05) is 12.1 Å². The van der Waals surface area contributed by atoms with Crippen molar-refractivity contribution in [2.75, 3.05) is 0 Å². The average Bonchev–Trinajstić information content (AvgIpc) is 2.65. The minimum absolute atomic E-state index is 0.0443. The number of pyridine rings is 1. The topological polar surface area (TPSA) is 85.8 Å². The van der Waals surface area contributed by atoms with Crippen LogP contribution in [0.25, 0.3) is 0 Å². The monoisotopic (exact) mass is 407 g/mol. The number of nitriles is 1. The summed E-state index contributed by atoms with van der Waals surface area (Å²) in [6, 6.07) is 10.3. The molecule has 1 atom stereocenters. The molecule has 0 saturated carbocycles. The van der Waals surface area contributed by atoms with Crippen molar-refractivity contribution in [1.29, 1.82) is 5.26 Å². The molecule has 5 heteroatoms. The Morgan fingerprint density at radius 2 is 1.77 bits per heavy atom. The van der Waals surface area contributed by atoms with Crippen LogP contribution < -0.4 is 10.9 Å². The molecule has 1 aromatic carbocycles. The SMILES string of the molecule is Cc1[nH]c(=O)c(C#N)c(C)c1CCC(=O)NC(c1ccc(C(C)(C)C)cc1)C(C)C. The molecule has 0 bridgehead atoms. The van der Waals surface area contributed by atoms with Gasteiger partial charge in [0.05, 0.1) is 6.04 Å². The second-order valence-corrected chi connectivity index (χ2v) is 9.33. The zero-order valence-electron chi connectivity index (χ0n) is 19.1. The standard InChI is InChI=1S/C25H33N3O2/c1-15(2)23(18-8-10-19(11-9-18)25(5,6)7)28-22(29)13-12-20-16(3)21(14-26)24(30)27-17(20)4/h8-11,15,23H,12-13H2,1-7H3,(H,27,30)(H,28,29). The number of hydrogen-bond donors (Lipinski definition) is 2. The third-order valence-corrected chi connectivity index (χ3v) is 5.64. The van der Waals surface area contributed by atoms with E-state index in [0.29, 0.717) is 24.1 Å². The molecule has 5 nitrogen and oxygen atoms in total. The van der Waals surface area contributed by atoms with Gasteiger partial charge in [-0.15, -0.1) is 0 Å².